The Morgan fingerprint density at radius 3 is 2.50 bits per heavy atom. The van der Waals surface area contributed by atoms with Crippen molar-refractivity contribution in [3.8, 4) is 0 Å². The van der Waals surface area contributed by atoms with Crippen LogP contribution in [0.4, 0.5) is 0 Å². The molecule has 9 nitrogen and oxygen atoms in total. The van der Waals surface area contributed by atoms with Crippen LogP contribution in [0.15, 0.2) is 23.1 Å². The van der Waals surface area contributed by atoms with E-state index in [2.05, 4.69) is 4.98 Å². The van der Waals surface area contributed by atoms with Crippen molar-refractivity contribution in [2.75, 3.05) is 13.1 Å². The van der Waals surface area contributed by atoms with Crippen LogP contribution in [0, 0.1) is 0 Å². The molecule has 1 atom stereocenters. The Morgan fingerprint density at radius 1 is 1.29 bits per heavy atom. The van der Waals surface area contributed by atoms with E-state index in [4.69, 9.17) is 10.5 Å². The molecule has 1 aromatic heterocycles. The number of rotatable bonds is 9. The van der Waals surface area contributed by atoms with Gasteiger partial charge in [-0.1, -0.05) is 13.8 Å². The molecule has 0 fully saturated rings. The maximum atomic E-state index is 12.7. The Morgan fingerprint density at radius 2 is 1.93 bits per heavy atom. The zero-order chi connectivity index (χ0) is 21.1. The number of nitrogens with two attached hydrogens (primary N) is 1. The van der Waals surface area contributed by atoms with Crippen molar-refractivity contribution < 1.29 is 22.7 Å². The zero-order valence-electron chi connectivity index (χ0n) is 16.5. The summed E-state index contributed by atoms with van der Waals surface area (Å²) >= 11 is 0. The molecule has 0 saturated heterocycles. The summed E-state index contributed by atoms with van der Waals surface area (Å²) in [6.07, 6.45) is -0.673. The van der Waals surface area contributed by atoms with Gasteiger partial charge in [-0.2, -0.15) is 4.31 Å². The van der Waals surface area contributed by atoms with E-state index in [1.165, 1.54) is 11.2 Å². The Labute approximate surface area is 164 Å². The number of esters is 1. The number of hydrogen-bond donors (Lipinski definition) is 1. The minimum absolute atomic E-state index is 0.0272. The summed E-state index contributed by atoms with van der Waals surface area (Å²) in [5.41, 5.74) is 6.36. The van der Waals surface area contributed by atoms with Gasteiger partial charge in [-0.25, -0.2) is 13.4 Å². The molecule has 1 amide bonds. The second-order valence-electron chi connectivity index (χ2n) is 6.36. The molecule has 2 aromatic rings. The molecular weight excluding hydrogens is 384 g/mol. The smallest absolute Gasteiger partial charge is 0.307 e. The molecule has 1 heterocycles. The summed E-state index contributed by atoms with van der Waals surface area (Å²) in [7, 11) is -1.79. The number of fused-ring (bicyclic) bond motifs is 1. The number of primary amides is 1. The number of carbonyl (C=O) groups excluding carboxylic acids is 2. The van der Waals surface area contributed by atoms with Gasteiger partial charge in [0, 0.05) is 26.6 Å². The molecule has 28 heavy (non-hydrogen) atoms. The number of sulfonamides is 1. The third-order valence-corrected chi connectivity index (χ3v) is 6.60. The van der Waals surface area contributed by atoms with E-state index in [1.807, 2.05) is 0 Å². The molecule has 0 unspecified atom stereocenters. The van der Waals surface area contributed by atoms with Crippen LogP contribution < -0.4 is 5.73 Å². The number of hydrogen-bond acceptors (Lipinski definition) is 6. The molecule has 0 bridgehead atoms. The van der Waals surface area contributed by atoms with E-state index in [0.29, 0.717) is 24.4 Å². The van der Waals surface area contributed by atoms with E-state index in [0.717, 1.165) is 5.52 Å². The second kappa shape index (κ2) is 8.70. The Balaban J connectivity index is 2.23. The first-order valence-corrected chi connectivity index (χ1v) is 10.5. The average molecular weight is 410 g/mol. The first kappa shape index (κ1) is 21.8. The summed E-state index contributed by atoms with van der Waals surface area (Å²) < 4.78 is 33.5. The number of ether oxygens (including phenoxy) is 1. The first-order valence-electron chi connectivity index (χ1n) is 9.06. The highest BCUT2D eigenvalue weighted by Crippen LogP contribution is 2.22. The van der Waals surface area contributed by atoms with Crippen molar-refractivity contribution in [3.63, 3.8) is 0 Å². The number of imidazole rings is 1. The van der Waals surface area contributed by atoms with Gasteiger partial charge in [-0.3, -0.25) is 9.59 Å². The maximum Gasteiger partial charge on any atom is 0.307 e. The number of aryl methyl sites for hydroxylation is 2. The van der Waals surface area contributed by atoms with Gasteiger partial charge in [0.05, 0.1) is 22.3 Å². The average Bonchev–Trinajstić information content (AvgIpc) is 2.96. The summed E-state index contributed by atoms with van der Waals surface area (Å²) in [5, 5.41) is 0. The lowest BCUT2D eigenvalue weighted by Crippen LogP contribution is -2.30. The Hall–Kier alpha value is -2.46. The molecule has 0 saturated carbocycles. The van der Waals surface area contributed by atoms with Crippen LogP contribution in [0.25, 0.3) is 11.0 Å². The minimum Gasteiger partial charge on any atom is -0.453 e. The lowest BCUT2D eigenvalue weighted by atomic mass is 10.3. The molecule has 10 heteroatoms. The van der Waals surface area contributed by atoms with Crippen LogP contribution in [0.5, 0.6) is 0 Å². The van der Waals surface area contributed by atoms with Crippen LogP contribution in [-0.4, -0.2) is 53.3 Å². The van der Waals surface area contributed by atoms with E-state index < -0.39 is 28.0 Å². The molecule has 0 radical (unpaired) electrons. The van der Waals surface area contributed by atoms with Crippen LogP contribution in [-0.2, 0) is 37.8 Å². The molecule has 2 rings (SSSR count). The van der Waals surface area contributed by atoms with E-state index >= 15 is 0 Å². The molecular formula is C18H26N4O5S. The van der Waals surface area contributed by atoms with Crippen LogP contribution in [0.1, 0.15) is 33.0 Å². The topological polar surface area (TPSA) is 125 Å². The third kappa shape index (κ3) is 4.50. The van der Waals surface area contributed by atoms with Gasteiger partial charge >= 0.3 is 5.97 Å². The quantitative estimate of drug-likeness (QED) is 0.614. The normalized spacial score (nSPS) is 13.0. The number of amides is 1. The summed E-state index contributed by atoms with van der Waals surface area (Å²) in [6, 6.07) is 4.81. The molecule has 0 spiro atoms. The fourth-order valence-corrected chi connectivity index (χ4v) is 4.33. The third-order valence-electron chi connectivity index (χ3n) is 4.55. The summed E-state index contributed by atoms with van der Waals surface area (Å²) in [4.78, 5) is 27.4. The lowest BCUT2D eigenvalue weighted by molar-refractivity contribution is -0.153. The summed E-state index contributed by atoms with van der Waals surface area (Å²) in [5.74, 6) is -0.655. The molecule has 0 aliphatic rings. The standard InChI is InChI=1S/C18H26N4O5S/c1-5-22(6-2)28(25,26)13-7-8-15-14(11-13)20-16(21(15)4)9-10-17(23)27-12(3)18(19)24/h7-8,11-12H,5-6,9-10H2,1-4H3,(H2,19,24)/t12-/m1/s1. The van der Waals surface area contributed by atoms with Crippen molar-refractivity contribution in [2.24, 2.45) is 12.8 Å². The number of benzene rings is 1. The van der Waals surface area contributed by atoms with Crippen LogP contribution in [0.2, 0.25) is 0 Å². The highest BCUT2D eigenvalue weighted by atomic mass is 32.2. The summed E-state index contributed by atoms with van der Waals surface area (Å²) in [6.45, 7) is 5.76. The largest absolute Gasteiger partial charge is 0.453 e. The van der Waals surface area contributed by atoms with Crippen molar-refractivity contribution in [1.29, 1.82) is 0 Å². The molecule has 0 aliphatic heterocycles. The number of carbonyl (C=O) groups is 2. The van der Waals surface area contributed by atoms with Gasteiger partial charge in [0.2, 0.25) is 10.0 Å². The number of nitrogens with zero attached hydrogens (tertiary/aromatic N) is 3. The SMILES string of the molecule is CCN(CC)S(=O)(=O)c1ccc2c(c1)nc(CCC(=O)O[C@H](C)C(N)=O)n2C. The maximum absolute atomic E-state index is 12.7. The second-order valence-corrected chi connectivity index (χ2v) is 8.30. The van der Waals surface area contributed by atoms with E-state index in [9.17, 15) is 18.0 Å². The first-order chi connectivity index (χ1) is 13.1. The molecule has 154 valence electrons. The van der Waals surface area contributed by atoms with Gasteiger partial charge in [0.1, 0.15) is 5.82 Å². The molecule has 1 aromatic carbocycles. The van der Waals surface area contributed by atoms with Crippen molar-refractivity contribution in [2.45, 2.75) is 44.6 Å². The predicted octanol–water partition coefficient (Wildman–Crippen LogP) is 0.953. The minimum atomic E-state index is -3.58. The zero-order valence-corrected chi connectivity index (χ0v) is 17.3. The Kier molecular flexibility index (Phi) is 6.78. The monoisotopic (exact) mass is 410 g/mol. The van der Waals surface area contributed by atoms with Crippen molar-refractivity contribution in [3.05, 3.63) is 24.0 Å². The van der Waals surface area contributed by atoms with Gasteiger partial charge in [0.25, 0.3) is 5.91 Å². The van der Waals surface area contributed by atoms with Crippen LogP contribution in [0.3, 0.4) is 0 Å². The van der Waals surface area contributed by atoms with E-state index in [1.54, 1.807) is 43.7 Å². The predicted molar refractivity (Wildman–Crippen MR) is 104 cm³/mol. The van der Waals surface area contributed by atoms with E-state index in [-0.39, 0.29) is 17.7 Å². The Bertz CT molecular complexity index is 979. The van der Waals surface area contributed by atoms with Gasteiger partial charge in [0.15, 0.2) is 6.10 Å². The van der Waals surface area contributed by atoms with Gasteiger partial charge < -0.3 is 15.0 Å². The number of aromatic nitrogens is 2. The van der Waals surface area contributed by atoms with Crippen LogP contribution >= 0.6 is 0 Å². The highest BCUT2D eigenvalue weighted by molar-refractivity contribution is 7.89. The molecule has 0 aliphatic carbocycles. The lowest BCUT2D eigenvalue weighted by Gasteiger charge is -2.18. The van der Waals surface area contributed by atoms with Gasteiger partial charge in [-0.05, 0) is 25.1 Å². The molecule has 2 N–H and O–H groups in total. The fourth-order valence-electron chi connectivity index (χ4n) is 2.85. The van der Waals surface area contributed by atoms with Crippen molar-refractivity contribution >= 4 is 32.9 Å². The highest BCUT2D eigenvalue weighted by Gasteiger charge is 2.23. The van der Waals surface area contributed by atoms with Crippen molar-refractivity contribution in [1.82, 2.24) is 13.9 Å². The fraction of sp³-hybridized carbons (Fsp3) is 0.500. The van der Waals surface area contributed by atoms with Gasteiger partial charge in [-0.15, -0.1) is 0 Å².